The van der Waals surface area contributed by atoms with Crippen molar-refractivity contribution in [1.82, 2.24) is 0 Å². The Hall–Kier alpha value is -3.15. The smallest absolute Gasteiger partial charge is 0.413 e. The summed E-state index contributed by atoms with van der Waals surface area (Å²) in [5, 5.41) is 12.5. The maximum absolute atomic E-state index is 12.7. The molecule has 2 amide bonds. The maximum Gasteiger partial charge on any atom is 0.413 e. The van der Waals surface area contributed by atoms with Crippen molar-refractivity contribution in [3.8, 4) is 0 Å². The summed E-state index contributed by atoms with van der Waals surface area (Å²) in [6.07, 6.45) is -1.48. The lowest BCUT2D eigenvalue weighted by atomic mass is 9.79. The van der Waals surface area contributed by atoms with E-state index in [2.05, 4.69) is 5.32 Å². The van der Waals surface area contributed by atoms with Crippen molar-refractivity contribution in [3.05, 3.63) is 59.7 Å². The van der Waals surface area contributed by atoms with Crippen LogP contribution < -0.4 is 10.2 Å². The first-order chi connectivity index (χ1) is 11.1. The molecular weight excluding hydrogens is 296 g/mol. The third kappa shape index (κ3) is 1.60. The van der Waals surface area contributed by atoms with Gasteiger partial charge in [0.15, 0.2) is 11.3 Å². The molecule has 0 bridgehead atoms. The molecule has 2 aromatic carbocycles. The standard InChI is InChI=1S/C17H12N2O4/c20-14-9-17(11-6-2-3-7-12(11)18-15(17)21)19(16(22)23)13-8-4-1-5-10(13)14/h1-8H,9H2,(H,18,21)(H,22,23). The molecule has 2 aliphatic rings. The summed E-state index contributed by atoms with van der Waals surface area (Å²) in [7, 11) is 0. The molecule has 1 unspecified atom stereocenters. The van der Waals surface area contributed by atoms with Gasteiger partial charge in [-0.25, -0.2) is 4.79 Å². The van der Waals surface area contributed by atoms with Crippen LogP contribution in [-0.2, 0) is 10.3 Å². The van der Waals surface area contributed by atoms with Crippen LogP contribution in [0.1, 0.15) is 22.3 Å². The monoisotopic (exact) mass is 308 g/mol. The number of anilines is 2. The van der Waals surface area contributed by atoms with Crippen LogP contribution in [0.15, 0.2) is 48.5 Å². The van der Waals surface area contributed by atoms with Gasteiger partial charge in [0.25, 0.3) is 5.91 Å². The van der Waals surface area contributed by atoms with Gasteiger partial charge in [0.2, 0.25) is 0 Å². The molecule has 0 fully saturated rings. The summed E-state index contributed by atoms with van der Waals surface area (Å²) in [5.41, 5.74) is 0.0559. The highest BCUT2D eigenvalue weighted by Gasteiger charge is 2.58. The summed E-state index contributed by atoms with van der Waals surface area (Å²) < 4.78 is 0. The van der Waals surface area contributed by atoms with Crippen LogP contribution in [0.4, 0.5) is 16.2 Å². The highest BCUT2D eigenvalue weighted by molar-refractivity contribution is 6.19. The van der Waals surface area contributed by atoms with Gasteiger partial charge in [-0.15, -0.1) is 0 Å². The number of carbonyl (C=O) groups excluding carboxylic acids is 2. The fourth-order valence-electron chi connectivity index (χ4n) is 3.48. The Morgan fingerprint density at radius 1 is 1.09 bits per heavy atom. The van der Waals surface area contributed by atoms with Crippen molar-refractivity contribution in [2.24, 2.45) is 0 Å². The number of fused-ring (bicyclic) bond motifs is 3. The molecule has 0 saturated carbocycles. The SMILES string of the molecule is O=C1CC2(C(=O)Nc3ccccc32)N(C(=O)O)c2ccccc21. The van der Waals surface area contributed by atoms with E-state index in [1.165, 1.54) is 0 Å². The molecule has 114 valence electrons. The van der Waals surface area contributed by atoms with Gasteiger partial charge in [0, 0.05) is 23.2 Å². The first kappa shape index (κ1) is 13.5. The van der Waals surface area contributed by atoms with Gasteiger partial charge in [-0.3, -0.25) is 14.5 Å². The Labute approximate surface area is 131 Å². The Morgan fingerprint density at radius 2 is 1.78 bits per heavy atom. The number of nitrogens with one attached hydrogen (secondary N) is 1. The predicted molar refractivity (Wildman–Crippen MR) is 82.6 cm³/mol. The average molecular weight is 308 g/mol. The molecule has 2 N–H and O–H groups in total. The fourth-order valence-corrected chi connectivity index (χ4v) is 3.48. The Bertz CT molecular complexity index is 876. The van der Waals surface area contributed by atoms with Gasteiger partial charge in [0.1, 0.15) is 0 Å². The van der Waals surface area contributed by atoms with Gasteiger partial charge in [-0.2, -0.15) is 0 Å². The quantitative estimate of drug-likeness (QED) is 0.783. The third-order valence-corrected chi connectivity index (χ3v) is 4.43. The second-order valence-corrected chi connectivity index (χ2v) is 5.60. The van der Waals surface area contributed by atoms with E-state index in [9.17, 15) is 19.5 Å². The van der Waals surface area contributed by atoms with Crippen LogP contribution in [0.5, 0.6) is 0 Å². The number of Topliss-reactive ketones (excluding diaryl/α,β-unsaturated/α-hetero) is 1. The highest BCUT2D eigenvalue weighted by atomic mass is 16.4. The lowest BCUT2D eigenvalue weighted by Gasteiger charge is -2.41. The van der Waals surface area contributed by atoms with Gasteiger partial charge in [-0.05, 0) is 18.2 Å². The second-order valence-electron chi connectivity index (χ2n) is 5.60. The zero-order chi connectivity index (χ0) is 16.2. The first-order valence-electron chi connectivity index (χ1n) is 7.12. The minimum atomic E-state index is -1.55. The molecule has 2 heterocycles. The molecule has 6 nitrogen and oxygen atoms in total. The van der Waals surface area contributed by atoms with E-state index in [1.807, 2.05) is 0 Å². The maximum atomic E-state index is 12.7. The van der Waals surface area contributed by atoms with Gasteiger partial charge in [-0.1, -0.05) is 30.3 Å². The molecule has 23 heavy (non-hydrogen) atoms. The summed E-state index contributed by atoms with van der Waals surface area (Å²) in [6.45, 7) is 0. The number of benzene rings is 2. The zero-order valence-corrected chi connectivity index (χ0v) is 11.9. The molecule has 1 atom stereocenters. The van der Waals surface area contributed by atoms with E-state index < -0.39 is 17.5 Å². The van der Waals surface area contributed by atoms with E-state index in [-0.39, 0.29) is 17.9 Å². The summed E-state index contributed by atoms with van der Waals surface area (Å²) in [4.78, 5) is 38.3. The Kier molecular flexibility index (Phi) is 2.60. The van der Waals surface area contributed by atoms with Crippen LogP contribution in [-0.4, -0.2) is 22.9 Å². The highest BCUT2D eigenvalue weighted by Crippen LogP contribution is 2.49. The number of amides is 2. The largest absolute Gasteiger partial charge is 0.465 e. The molecule has 0 saturated heterocycles. The first-order valence-corrected chi connectivity index (χ1v) is 7.12. The number of nitrogens with zero attached hydrogens (tertiary/aromatic N) is 1. The van der Waals surface area contributed by atoms with Crippen molar-refractivity contribution in [3.63, 3.8) is 0 Å². The van der Waals surface area contributed by atoms with E-state index in [4.69, 9.17) is 0 Å². The predicted octanol–water partition coefficient (Wildman–Crippen LogP) is 2.61. The number of hydrogen-bond acceptors (Lipinski definition) is 3. The number of carbonyl (C=O) groups is 3. The van der Waals surface area contributed by atoms with E-state index in [0.717, 1.165) is 4.90 Å². The average Bonchev–Trinajstić information content (AvgIpc) is 2.80. The van der Waals surface area contributed by atoms with Crippen LogP contribution >= 0.6 is 0 Å². The van der Waals surface area contributed by atoms with Crippen LogP contribution in [0, 0.1) is 0 Å². The van der Waals surface area contributed by atoms with Crippen molar-refractivity contribution < 1.29 is 19.5 Å². The molecule has 6 heteroatoms. The van der Waals surface area contributed by atoms with Gasteiger partial charge in [0.05, 0.1) is 5.69 Å². The summed E-state index contributed by atoms with van der Waals surface area (Å²) >= 11 is 0. The molecular formula is C17H12N2O4. The summed E-state index contributed by atoms with van der Waals surface area (Å²) in [6, 6.07) is 13.3. The zero-order valence-electron chi connectivity index (χ0n) is 11.9. The molecule has 1 spiro atoms. The molecule has 4 rings (SSSR count). The third-order valence-electron chi connectivity index (χ3n) is 4.43. The number of ketones is 1. The van der Waals surface area contributed by atoms with Crippen molar-refractivity contribution in [1.29, 1.82) is 0 Å². The van der Waals surface area contributed by atoms with Crippen LogP contribution in [0.2, 0.25) is 0 Å². The number of rotatable bonds is 0. The van der Waals surface area contributed by atoms with Crippen LogP contribution in [0.25, 0.3) is 0 Å². The van der Waals surface area contributed by atoms with E-state index in [1.54, 1.807) is 48.5 Å². The fraction of sp³-hybridized carbons (Fsp3) is 0.118. The van der Waals surface area contributed by atoms with Gasteiger partial charge >= 0.3 is 6.09 Å². The normalized spacial score (nSPS) is 21.8. The van der Waals surface area contributed by atoms with Crippen molar-refractivity contribution in [2.75, 3.05) is 10.2 Å². The minimum Gasteiger partial charge on any atom is -0.465 e. The van der Waals surface area contributed by atoms with E-state index in [0.29, 0.717) is 16.8 Å². The second kappa shape index (κ2) is 4.42. The Balaban J connectivity index is 2.05. The summed E-state index contributed by atoms with van der Waals surface area (Å²) in [5.74, 6) is -0.742. The molecule has 0 aromatic heterocycles. The Morgan fingerprint density at radius 3 is 2.57 bits per heavy atom. The topological polar surface area (TPSA) is 86.7 Å². The van der Waals surface area contributed by atoms with Crippen molar-refractivity contribution in [2.45, 2.75) is 12.0 Å². The van der Waals surface area contributed by atoms with Gasteiger partial charge < -0.3 is 10.4 Å². The molecule has 0 aliphatic carbocycles. The lowest BCUT2D eigenvalue weighted by Crippen LogP contribution is -2.57. The van der Waals surface area contributed by atoms with E-state index >= 15 is 0 Å². The molecule has 2 aliphatic heterocycles. The number of para-hydroxylation sites is 2. The van der Waals surface area contributed by atoms with Crippen LogP contribution in [0.3, 0.4) is 0 Å². The minimum absolute atomic E-state index is 0.209. The number of carboxylic acid groups (broad SMARTS) is 1. The number of hydrogen-bond donors (Lipinski definition) is 2. The molecule has 2 aromatic rings. The van der Waals surface area contributed by atoms with Crippen molar-refractivity contribution >= 4 is 29.2 Å². The molecule has 0 radical (unpaired) electrons. The lowest BCUT2D eigenvalue weighted by molar-refractivity contribution is -0.120.